The first-order chi connectivity index (χ1) is 12.8. The van der Waals surface area contributed by atoms with Gasteiger partial charge in [-0.1, -0.05) is 88.8 Å². The molecule has 26 heavy (non-hydrogen) atoms. The molecule has 0 aromatic heterocycles. The predicted molar refractivity (Wildman–Crippen MR) is 118 cm³/mol. The number of ketones is 1. The van der Waals surface area contributed by atoms with Gasteiger partial charge in [0, 0.05) is 12.8 Å². The van der Waals surface area contributed by atoms with E-state index in [1.165, 1.54) is 57.8 Å². The molecule has 0 bridgehead atoms. The van der Waals surface area contributed by atoms with Crippen molar-refractivity contribution >= 4 is 5.78 Å². The van der Waals surface area contributed by atoms with Crippen LogP contribution in [-0.2, 0) is 4.79 Å². The van der Waals surface area contributed by atoms with Crippen LogP contribution >= 0.6 is 0 Å². The Balaban J connectivity index is 3.35. The number of rotatable bonds is 19. The topological polar surface area (TPSA) is 17.1 Å². The van der Waals surface area contributed by atoms with Crippen molar-refractivity contribution in [1.82, 2.24) is 0 Å². The SMILES string of the molecule is CCCCCC=CCC=CCC=CCCCCCC(=O)CCCCCC. The van der Waals surface area contributed by atoms with E-state index in [0.29, 0.717) is 5.78 Å². The second kappa shape index (κ2) is 21.9. The summed E-state index contributed by atoms with van der Waals surface area (Å²) >= 11 is 0. The maximum absolute atomic E-state index is 11.7. The van der Waals surface area contributed by atoms with Crippen molar-refractivity contribution in [2.45, 2.75) is 117 Å². The summed E-state index contributed by atoms with van der Waals surface area (Å²) in [5.74, 6) is 0.473. The van der Waals surface area contributed by atoms with Crippen molar-refractivity contribution in [3.8, 4) is 0 Å². The highest BCUT2D eigenvalue weighted by molar-refractivity contribution is 5.78. The number of hydrogen-bond donors (Lipinski definition) is 0. The Labute approximate surface area is 164 Å². The minimum absolute atomic E-state index is 0.473. The molecular formula is C25H44O. The minimum Gasteiger partial charge on any atom is -0.300 e. The molecule has 0 radical (unpaired) electrons. The third-order valence-corrected chi connectivity index (χ3v) is 4.65. The summed E-state index contributed by atoms with van der Waals surface area (Å²) in [7, 11) is 0. The Bertz CT molecular complexity index is 376. The maximum Gasteiger partial charge on any atom is 0.132 e. The molecule has 0 atom stereocenters. The van der Waals surface area contributed by atoms with Crippen LogP contribution in [-0.4, -0.2) is 5.78 Å². The second-order valence-electron chi connectivity index (χ2n) is 7.33. The van der Waals surface area contributed by atoms with Gasteiger partial charge in [0.05, 0.1) is 0 Å². The first-order valence-corrected chi connectivity index (χ1v) is 11.3. The fourth-order valence-corrected chi connectivity index (χ4v) is 2.93. The van der Waals surface area contributed by atoms with Gasteiger partial charge >= 0.3 is 0 Å². The molecule has 1 heteroatoms. The minimum atomic E-state index is 0.473. The van der Waals surface area contributed by atoms with Gasteiger partial charge in [0.25, 0.3) is 0 Å². The molecule has 0 aliphatic rings. The van der Waals surface area contributed by atoms with Gasteiger partial charge in [-0.05, 0) is 51.4 Å². The largest absolute Gasteiger partial charge is 0.300 e. The molecule has 0 N–H and O–H groups in total. The molecular weight excluding hydrogens is 316 g/mol. The monoisotopic (exact) mass is 360 g/mol. The molecule has 0 unspecified atom stereocenters. The van der Waals surface area contributed by atoms with Crippen molar-refractivity contribution in [2.75, 3.05) is 0 Å². The zero-order valence-corrected chi connectivity index (χ0v) is 17.7. The average Bonchev–Trinajstić information content (AvgIpc) is 2.65. The third-order valence-electron chi connectivity index (χ3n) is 4.65. The highest BCUT2D eigenvalue weighted by atomic mass is 16.1. The van der Waals surface area contributed by atoms with Crippen LogP contribution in [0.15, 0.2) is 36.5 Å². The van der Waals surface area contributed by atoms with E-state index in [1.54, 1.807) is 0 Å². The molecule has 0 saturated carbocycles. The molecule has 0 aliphatic heterocycles. The van der Waals surface area contributed by atoms with Crippen molar-refractivity contribution in [3.05, 3.63) is 36.5 Å². The summed E-state index contributed by atoms with van der Waals surface area (Å²) in [6.07, 6.45) is 32.0. The fourth-order valence-electron chi connectivity index (χ4n) is 2.93. The number of allylic oxidation sites excluding steroid dienone is 6. The summed E-state index contributed by atoms with van der Waals surface area (Å²) in [5, 5.41) is 0. The number of Topliss-reactive ketones (excluding diaryl/α,β-unsaturated/α-hetero) is 1. The van der Waals surface area contributed by atoms with Gasteiger partial charge in [-0.3, -0.25) is 4.79 Å². The van der Waals surface area contributed by atoms with Crippen molar-refractivity contribution < 1.29 is 4.79 Å². The van der Waals surface area contributed by atoms with Crippen LogP contribution in [0.3, 0.4) is 0 Å². The van der Waals surface area contributed by atoms with Crippen LogP contribution in [0.25, 0.3) is 0 Å². The van der Waals surface area contributed by atoms with Gasteiger partial charge in [-0.15, -0.1) is 0 Å². The molecule has 1 nitrogen and oxygen atoms in total. The van der Waals surface area contributed by atoms with Gasteiger partial charge in [0.1, 0.15) is 5.78 Å². The Morgan fingerprint density at radius 3 is 1.50 bits per heavy atom. The van der Waals surface area contributed by atoms with Crippen LogP contribution in [0.5, 0.6) is 0 Å². The maximum atomic E-state index is 11.7. The van der Waals surface area contributed by atoms with Crippen molar-refractivity contribution in [3.63, 3.8) is 0 Å². The zero-order valence-electron chi connectivity index (χ0n) is 17.7. The first kappa shape index (κ1) is 24.9. The van der Waals surface area contributed by atoms with Crippen LogP contribution in [0, 0.1) is 0 Å². The highest BCUT2D eigenvalue weighted by Gasteiger charge is 2.01. The fraction of sp³-hybridized carbons (Fsp3) is 0.720. The molecule has 0 saturated heterocycles. The van der Waals surface area contributed by atoms with E-state index in [1.807, 2.05) is 0 Å². The van der Waals surface area contributed by atoms with Crippen LogP contribution in [0.4, 0.5) is 0 Å². The van der Waals surface area contributed by atoms with Gasteiger partial charge < -0.3 is 0 Å². The summed E-state index contributed by atoms with van der Waals surface area (Å²) in [6, 6.07) is 0. The lowest BCUT2D eigenvalue weighted by atomic mass is 10.0. The molecule has 0 aliphatic carbocycles. The van der Waals surface area contributed by atoms with E-state index in [4.69, 9.17) is 0 Å². The Hall–Kier alpha value is -1.11. The molecule has 150 valence electrons. The van der Waals surface area contributed by atoms with Crippen LogP contribution in [0.1, 0.15) is 117 Å². The van der Waals surface area contributed by atoms with Gasteiger partial charge in [-0.25, -0.2) is 0 Å². The molecule has 0 aromatic carbocycles. The smallest absolute Gasteiger partial charge is 0.132 e. The molecule has 0 amide bonds. The van der Waals surface area contributed by atoms with Crippen LogP contribution in [0.2, 0.25) is 0 Å². The number of carbonyl (C=O) groups excluding carboxylic acids is 1. The van der Waals surface area contributed by atoms with Gasteiger partial charge in [-0.2, -0.15) is 0 Å². The summed E-state index contributed by atoms with van der Waals surface area (Å²) in [6.45, 7) is 4.46. The summed E-state index contributed by atoms with van der Waals surface area (Å²) in [4.78, 5) is 11.7. The lowest BCUT2D eigenvalue weighted by Crippen LogP contribution is -1.97. The normalized spacial score (nSPS) is 12.1. The molecule has 0 fully saturated rings. The Kier molecular flexibility index (Phi) is 21.0. The molecule has 0 aromatic rings. The second-order valence-corrected chi connectivity index (χ2v) is 7.33. The number of carbonyl (C=O) groups is 1. The lowest BCUT2D eigenvalue weighted by Gasteiger charge is -2.01. The standard InChI is InChI=1S/C25H44O/c1-3-5-7-9-10-11-12-13-14-15-16-17-18-19-20-22-24-25(26)23-21-8-6-4-2/h10-11,13-14,16-17H,3-9,12,15,18-24H2,1-2H3. The Morgan fingerprint density at radius 2 is 0.962 bits per heavy atom. The van der Waals surface area contributed by atoms with E-state index >= 15 is 0 Å². The van der Waals surface area contributed by atoms with Crippen molar-refractivity contribution in [2.24, 2.45) is 0 Å². The van der Waals surface area contributed by atoms with Gasteiger partial charge in [0.2, 0.25) is 0 Å². The van der Waals surface area contributed by atoms with E-state index in [0.717, 1.165) is 44.9 Å². The van der Waals surface area contributed by atoms with E-state index in [-0.39, 0.29) is 0 Å². The lowest BCUT2D eigenvalue weighted by molar-refractivity contribution is -0.119. The van der Waals surface area contributed by atoms with E-state index in [9.17, 15) is 4.79 Å². The van der Waals surface area contributed by atoms with Gasteiger partial charge in [0.15, 0.2) is 0 Å². The Morgan fingerprint density at radius 1 is 0.538 bits per heavy atom. The predicted octanol–water partition coefficient (Wildman–Crippen LogP) is 8.51. The number of hydrogen-bond acceptors (Lipinski definition) is 1. The quantitative estimate of drug-likeness (QED) is 0.167. The third kappa shape index (κ3) is 20.9. The summed E-state index contributed by atoms with van der Waals surface area (Å²) in [5.41, 5.74) is 0. The van der Waals surface area contributed by atoms with Crippen molar-refractivity contribution in [1.29, 1.82) is 0 Å². The van der Waals surface area contributed by atoms with E-state index in [2.05, 4.69) is 50.3 Å². The van der Waals surface area contributed by atoms with E-state index < -0.39 is 0 Å². The number of unbranched alkanes of at least 4 members (excludes halogenated alkanes) is 9. The molecule has 0 rings (SSSR count). The molecule has 0 heterocycles. The highest BCUT2D eigenvalue weighted by Crippen LogP contribution is 2.09. The average molecular weight is 361 g/mol. The zero-order chi connectivity index (χ0) is 19.1. The molecule has 0 spiro atoms. The first-order valence-electron chi connectivity index (χ1n) is 11.3. The summed E-state index contributed by atoms with van der Waals surface area (Å²) < 4.78 is 0. The van der Waals surface area contributed by atoms with Crippen LogP contribution < -0.4 is 0 Å².